The van der Waals surface area contributed by atoms with Gasteiger partial charge < -0.3 is 19.1 Å². The lowest BCUT2D eigenvalue weighted by Gasteiger charge is -2.24. The van der Waals surface area contributed by atoms with Crippen molar-refractivity contribution in [2.24, 2.45) is 0 Å². The van der Waals surface area contributed by atoms with Crippen LogP contribution in [0.5, 0.6) is 5.88 Å². The summed E-state index contributed by atoms with van der Waals surface area (Å²) >= 11 is 5.98. The molecule has 2 N–H and O–H groups in total. The second-order valence-corrected chi connectivity index (χ2v) is 7.58. The fraction of sp³-hybridized carbons (Fsp3) is 0.261. The van der Waals surface area contributed by atoms with Gasteiger partial charge in [0.2, 0.25) is 5.76 Å². The van der Waals surface area contributed by atoms with E-state index in [2.05, 4.69) is 10.6 Å². The number of rotatable bonds is 10. The fourth-order valence-corrected chi connectivity index (χ4v) is 3.23. The topological polar surface area (TPSA) is 114 Å². The number of aliphatic hydroxyl groups is 1. The van der Waals surface area contributed by atoms with Gasteiger partial charge in [-0.1, -0.05) is 35.9 Å². The molecule has 0 saturated carbocycles. The molecule has 3 aromatic rings. The zero-order valence-corrected chi connectivity index (χ0v) is 19.2. The third-order valence-corrected chi connectivity index (χ3v) is 4.93. The maximum absolute atomic E-state index is 14.2. The summed E-state index contributed by atoms with van der Waals surface area (Å²) in [4.78, 5) is 24.5. The van der Waals surface area contributed by atoms with Crippen LogP contribution in [0.3, 0.4) is 0 Å². The van der Waals surface area contributed by atoms with Crippen LogP contribution in [0, 0.1) is 5.82 Å². The molecule has 0 aliphatic heterocycles. The number of methoxy groups -OCH3 is 1. The molecule has 11 heteroatoms. The van der Waals surface area contributed by atoms with Crippen molar-refractivity contribution in [3.8, 4) is 17.0 Å². The number of hydrogen-bond acceptors (Lipinski definition) is 8. The number of nitrogens with zero attached hydrogens (tertiary/aromatic N) is 2. The average Bonchev–Trinajstić information content (AvgIpc) is 3.31. The number of nitrogens with one attached hydrogen (secondary N) is 1. The first kappa shape index (κ1) is 25.2. The van der Waals surface area contributed by atoms with Crippen molar-refractivity contribution in [3.05, 3.63) is 70.7 Å². The number of hydrazine groups is 1. The monoisotopic (exact) mass is 491 g/mol. The number of benzene rings is 2. The van der Waals surface area contributed by atoms with Crippen LogP contribution in [-0.2, 0) is 16.1 Å². The number of aromatic nitrogens is 1. The van der Waals surface area contributed by atoms with Crippen molar-refractivity contribution < 1.29 is 33.1 Å². The molecule has 1 atom stereocenters. The fourth-order valence-electron chi connectivity index (χ4n) is 3.06. The van der Waals surface area contributed by atoms with Crippen molar-refractivity contribution in [3.63, 3.8) is 0 Å². The molecule has 2 aromatic carbocycles. The highest BCUT2D eigenvalue weighted by Crippen LogP contribution is 2.26. The van der Waals surface area contributed by atoms with Gasteiger partial charge in [-0.3, -0.25) is 10.2 Å². The maximum atomic E-state index is 14.2. The number of aliphatic hydroxyl groups excluding tert-OH is 1. The number of hydrogen-bond donors (Lipinski definition) is 2. The minimum Gasteiger partial charge on any atom is -0.479 e. The lowest BCUT2D eigenvalue weighted by molar-refractivity contribution is -0.154. The van der Waals surface area contributed by atoms with Crippen LogP contribution in [-0.4, -0.2) is 53.5 Å². The van der Waals surface area contributed by atoms with Gasteiger partial charge in [0.05, 0.1) is 26.3 Å². The first-order valence-corrected chi connectivity index (χ1v) is 10.6. The summed E-state index contributed by atoms with van der Waals surface area (Å²) < 4.78 is 28.8. The van der Waals surface area contributed by atoms with E-state index >= 15 is 0 Å². The smallest absolute Gasteiger partial charge is 0.336 e. The van der Waals surface area contributed by atoms with Crippen molar-refractivity contribution in [1.29, 1.82) is 0 Å². The molecule has 0 aliphatic rings. The van der Waals surface area contributed by atoms with E-state index in [9.17, 15) is 19.1 Å². The Morgan fingerprint density at radius 2 is 1.97 bits per heavy atom. The number of halogens is 2. The van der Waals surface area contributed by atoms with E-state index in [1.54, 1.807) is 31.2 Å². The summed E-state index contributed by atoms with van der Waals surface area (Å²) in [7, 11) is 1.38. The van der Waals surface area contributed by atoms with Crippen LogP contribution >= 0.6 is 11.6 Å². The minimum atomic E-state index is -1.51. The molecule has 0 unspecified atom stereocenters. The van der Waals surface area contributed by atoms with E-state index in [-0.39, 0.29) is 31.3 Å². The van der Waals surface area contributed by atoms with Gasteiger partial charge in [-0.05, 0) is 41.4 Å². The van der Waals surface area contributed by atoms with E-state index in [0.29, 0.717) is 21.7 Å². The molecule has 1 aromatic heterocycles. The number of amides is 1. The van der Waals surface area contributed by atoms with Crippen molar-refractivity contribution in [2.75, 3.05) is 20.3 Å². The Hall–Kier alpha value is -3.47. The summed E-state index contributed by atoms with van der Waals surface area (Å²) in [6.45, 7) is 1.56. The first-order chi connectivity index (χ1) is 16.3. The van der Waals surface area contributed by atoms with Gasteiger partial charge in [0.15, 0.2) is 6.10 Å². The summed E-state index contributed by atoms with van der Waals surface area (Å²) in [6, 6.07) is 12.4. The first-order valence-electron chi connectivity index (χ1n) is 10.3. The zero-order valence-electron chi connectivity index (χ0n) is 18.5. The van der Waals surface area contributed by atoms with E-state index in [1.165, 1.54) is 36.4 Å². The largest absolute Gasteiger partial charge is 0.479 e. The SMILES string of the molecule is CCOC(=O)[C@H](O)CN(Cc1ccc(-c2cc(Cl)ccc2F)cc1)NC(=O)c1cc(OC)no1. The van der Waals surface area contributed by atoms with E-state index in [1.807, 2.05) is 0 Å². The Balaban J connectivity index is 1.77. The number of esters is 1. The molecule has 3 rings (SSSR count). The third kappa shape index (κ3) is 6.53. The highest BCUT2D eigenvalue weighted by molar-refractivity contribution is 6.30. The molecule has 0 bridgehead atoms. The van der Waals surface area contributed by atoms with Crippen molar-refractivity contribution in [2.45, 2.75) is 19.6 Å². The van der Waals surface area contributed by atoms with Crippen LogP contribution in [0.2, 0.25) is 5.02 Å². The van der Waals surface area contributed by atoms with Gasteiger partial charge in [0.25, 0.3) is 5.88 Å². The van der Waals surface area contributed by atoms with Gasteiger partial charge >= 0.3 is 11.9 Å². The van der Waals surface area contributed by atoms with Crippen LogP contribution in [0.25, 0.3) is 11.1 Å². The summed E-state index contributed by atoms with van der Waals surface area (Å²) in [6.07, 6.45) is -1.51. The molecule has 1 amide bonds. The van der Waals surface area contributed by atoms with Crippen LogP contribution in [0.1, 0.15) is 23.0 Å². The normalized spacial score (nSPS) is 11.8. The molecular formula is C23H23ClFN3O6. The quantitative estimate of drug-likeness (QED) is 0.328. The highest BCUT2D eigenvalue weighted by Gasteiger charge is 2.23. The van der Waals surface area contributed by atoms with Gasteiger partial charge in [-0.2, -0.15) is 0 Å². The van der Waals surface area contributed by atoms with Crippen LogP contribution in [0.15, 0.2) is 53.1 Å². The standard InChI is InChI=1S/C23H23ClFN3O6/c1-3-33-23(31)19(29)13-28(26-22(30)20-11-21(32-2)27-34-20)12-14-4-6-15(7-5-14)17-10-16(24)8-9-18(17)25/h4-11,19,29H,3,12-13H2,1-2H3,(H,26,30)/t19-/m1/s1. The van der Waals surface area contributed by atoms with Gasteiger partial charge in [0, 0.05) is 17.1 Å². The number of ether oxygens (including phenoxy) is 2. The molecule has 34 heavy (non-hydrogen) atoms. The van der Waals surface area contributed by atoms with Crippen molar-refractivity contribution in [1.82, 2.24) is 15.6 Å². The molecular weight excluding hydrogens is 469 g/mol. The molecule has 0 aliphatic carbocycles. The molecule has 9 nitrogen and oxygen atoms in total. The van der Waals surface area contributed by atoms with Crippen LogP contribution in [0.4, 0.5) is 4.39 Å². The Morgan fingerprint density at radius 1 is 1.24 bits per heavy atom. The lowest BCUT2D eigenvalue weighted by atomic mass is 10.0. The van der Waals surface area contributed by atoms with E-state index in [0.717, 1.165) is 0 Å². The Labute approximate surface area is 200 Å². The average molecular weight is 492 g/mol. The summed E-state index contributed by atoms with van der Waals surface area (Å²) in [5, 5.41) is 15.5. The molecule has 0 radical (unpaired) electrons. The van der Waals surface area contributed by atoms with Gasteiger partial charge in [0.1, 0.15) is 5.82 Å². The van der Waals surface area contributed by atoms with Gasteiger partial charge in [-0.15, -0.1) is 0 Å². The third-order valence-electron chi connectivity index (χ3n) is 4.70. The highest BCUT2D eigenvalue weighted by atomic mass is 35.5. The van der Waals surface area contributed by atoms with E-state index < -0.39 is 23.8 Å². The van der Waals surface area contributed by atoms with Crippen LogP contribution < -0.4 is 10.2 Å². The Kier molecular flexibility index (Phi) is 8.58. The van der Waals surface area contributed by atoms with Gasteiger partial charge in [-0.25, -0.2) is 14.2 Å². The molecule has 0 fully saturated rings. The molecule has 180 valence electrons. The minimum absolute atomic E-state index is 0.0988. The molecule has 1 heterocycles. The maximum Gasteiger partial charge on any atom is 0.336 e. The predicted molar refractivity (Wildman–Crippen MR) is 120 cm³/mol. The lowest BCUT2D eigenvalue weighted by Crippen LogP contribution is -2.47. The number of carbonyl (C=O) groups is 2. The second-order valence-electron chi connectivity index (χ2n) is 7.14. The number of carbonyl (C=O) groups excluding carboxylic acids is 2. The zero-order chi connectivity index (χ0) is 24.7. The molecule has 0 spiro atoms. The molecule has 0 saturated heterocycles. The Morgan fingerprint density at radius 3 is 2.62 bits per heavy atom. The summed E-state index contributed by atoms with van der Waals surface area (Å²) in [5.74, 6) is -1.91. The predicted octanol–water partition coefficient (Wildman–Crippen LogP) is 3.21. The van der Waals surface area contributed by atoms with E-state index in [4.69, 9.17) is 25.6 Å². The Bertz CT molecular complexity index is 1140. The summed E-state index contributed by atoms with van der Waals surface area (Å²) in [5.41, 5.74) is 4.24. The van der Waals surface area contributed by atoms with Crippen molar-refractivity contribution >= 4 is 23.5 Å². The second kappa shape index (κ2) is 11.6.